The Kier molecular flexibility index (Phi) is 6.56. The number of amides is 1. The molecule has 0 unspecified atom stereocenters. The van der Waals surface area contributed by atoms with E-state index in [1.54, 1.807) is 18.5 Å². The fraction of sp³-hybridized carbons (Fsp3) is 0.333. The molecule has 5 nitrogen and oxygen atoms in total. The van der Waals surface area contributed by atoms with Gasteiger partial charge < -0.3 is 15.2 Å². The van der Waals surface area contributed by atoms with Gasteiger partial charge >= 0.3 is 0 Å². The summed E-state index contributed by atoms with van der Waals surface area (Å²) in [4.78, 5) is 16.0. The fourth-order valence-corrected chi connectivity index (χ4v) is 2.12. The predicted molar refractivity (Wildman–Crippen MR) is 89.3 cm³/mol. The number of hydrogen-bond acceptors (Lipinski definition) is 4. The quantitative estimate of drug-likeness (QED) is 0.786. The fourth-order valence-electron chi connectivity index (χ4n) is 2.12. The van der Waals surface area contributed by atoms with Gasteiger partial charge in [0, 0.05) is 18.2 Å². The second-order valence-corrected chi connectivity index (χ2v) is 5.23. The topological polar surface area (TPSA) is 71.5 Å². The highest BCUT2D eigenvalue weighted by atomic mass is 16.5. The van der Waals surface area contributed by atoms with Crippen molar-refractivity contribution in [1.82, 2.24) is 4.98 Å². The highest BCUT2D eigenvalue weighted by Crippen LogP contribution is 2.16. The first-order chi connectivity index (χ1) is 11.2. The number of anilines is 1. The van der Waals surface area contributed by atoms with Gasteiger partial charge in [-0.3, -0.25) is 9.78 Å². The van der Waals surface area contributed by atoms with E-state index in [1.165, 1.54) is 0 Å². The average molecular weight is 314 g/mol. The van der Waals surface area contributed by atoms with E-state index in [0.29, 0.717) is 30.7 Å². The van der Waals surface area contributed by atoms with E-state index in [2.05, 4.69) is 17.2 Å². The van der Waals surface area contributed by atoms with Crippen LogP contribution in [0.3, 0.4) is 0 Å². The maximum atomic E-state index is 12.0. The number of aryl methyl sites for hydroxylation is 1. The normalized spacial score (nSPS) is 10.3. The molecule has 0 fully saturated rings. The van der Waals surface area contributed by atoms with Crippen molar-refractivity contribution in [3.8, 4) is 5.75 Å². The summed E-state index contributed by atoms with van der Waals surface area (Å²) in [5.41, 5.74) is 2.30. The Morgan fingerprint density at radius 2 is 2.04 bits per heavy atom. The number of nitrogens with one attached hydrogen (secondary N) is 1. The van der Waals surface area contributed by atoms with Crippen molar-refractivity contribution >= 4 is 11.6 Å². The van der Waals surface area contributed by atoms with Crippen molar-refractivity contribution in [3.63, 3.8) is 0 Å². The van der Waals surface area contributed by atoms with Gasteiger partial charge in [-0.25, -0.2) is 0 Å². The van der Waals surface area contributed by atoms with E-state index in [-0.39, 0.29) is 12.5 Å². The van der Waals surface area contributed by atoms with Gasteiger partial charge in [-0.2, -0.15) is 0 Å². The standard InChI is InChI=1S/C18H22N2O3/c1-2-11-23-16-6-3-14(4-7-16)5-8-18(22)20-17-12-19-10-9-15(17)13-21/h3-4,6-7,9-10,12,21H,2,5,8,11,13H2,1H3,(H,20,22). The molecule has 1 aromatic heterocycles. The van der Waals surface area contributed by atoms with Crippen LogP contribution in [0.5, 0.6) is 5.75 Å². The maximum absolute atomic E-state index is 12.0. The van der Waals surface area contributed by atoms with E-state index in [1.807, 2.05) is 24.3 Å². The highest BCUT2D eigenvalue weighted by molar-refractivity contribution is 5.91. The number of aliphatic hydroxyl groups is 1. The molecule has 1 aromatic carbocycles. The van der Waals surface area contributed by atoms with Crippen LogP contribution in [0.15, 0.2) is 42.7 Å². The number of benzene rings is 1. The van der Waals surface area contributed by atoms with Gasteiger partial charge in [0.25, 0.3) is 0 Å². The van der Waals surface area contributed by atoms with E-state index in [9.17, 15) is 9.90 Å². The third kappa shape index (κ3) is 5.38. The van der Waals surface area contributed by atoms with E-state index >= 15 is 0 Å². The van der Waals surface area contributed by atoms with Crippen LogP contribution in [-0.2, 0) is 17.8 Å². The molecule has 0 aliphatic heterocycles. The second-order valence-electron chi connectivity index (χ2n) is 5.23. The maximum Gasteiger partial charge on any atom is 0.224 e. The summed E-state index contributed by atoms with van der Waals surface area (Å²) in [6.45, 7) is 2.65. The number of carbonyl (C=O) groups is 1. The van der Waals surface area contributed by atoms with Gasteiger partial charge in [0.05, 0.1) is 25.1 Å². The Labute approximate surface area is 136 Å². The molecule has 0 aliphatic rings. The van der Waals surface area contributed by atoms with Crippen LogP contribution >= 0.6 is 0 Å². The van der Waals surface area contributed by atoms with Gasteiger partial charge in [0.15, 0.2) is 0 Å². The molecule has 23 heavy (non-hydrogen) atoms. The highest BCUT2D eigenvalue weighted by Gasteiger charge is 2.07. The van der Waals surface area contributed by atoms with Gasteiger partial charge in [-0.05, 0) is 36.6 Å². The lowest BCUT2D eigenvalue weighted by atomic mass is 10.1. The summed E-state index contributed by atoms with van der Waals surface area (Å²) in [6, 6.07) is 9.48. The Bertz CT molecular complexity index is 626. The zero-order valence-corrected chi connectivity index (χ0v) is 13.3. The number of carbonyl (C=O) groups excluding carboxylic acids is 1. The molecule has 0 saturated carbocycles. The minimum absolute atomic E-state index is 0.0981. The molecular formula is C18H22N2O3. The smallest absolute Gasteiger partial charge is 0.224 e. The third-order valence-corrected chi connectivity index (χ3v) is 3.39. The summed E-state index contributed by atoms with van der Waals surface area (Å²) < 4.78 is 5.53. The average Bonchev–Trinajstić information content (AvgIpc) is 2.59. The molecule has 122 valence electrons. The summed E-state index contributed by atoms with van der Waals surface area (Å²) in [6.07, 6.45) is 5.13. The number of hydrogen-bond donors (Lipinski definition) is 2. The number of nitrogens with zero attached hydrogens (tertiary/aromatic N) is 1. The first kappa shape index (κ1) is 17.0. The van der Waals surface area contributed by atoms with Crippen LogP contribution in [-0.4, -0.2) is 22.6 Å². The molecule has 0 saturated heterocycles. The molecule has 2 N–H and O–H groups in total. The summed E-state index contributed by atoms with van der Waals surface area (Å²) in [5, 5.41) is 12.0. The number of ether oxygens (including phenoxy) is 1. The molecule has 1 heterocycles. The minimum Gasteiger partial charge on any atom is -0.494 e. The van der Waals surface area contributed by atoms with E-state index in [4.69, 9.17) is 4.74 Å². The third-order valence-electron chi connectivity index (χ3n) is 3.39. The SMILES string of the molecule is CCCOc1ccc(CCC(=O)Nc2cnccc2CO)cc1. The number of rotatable bonds is 8. The Morgan fingerprint density at radius 3 is 2.74 bits per heavy atom. The lowest BCUT2D eigenvalue weighted by molar-refractivity contribution is -0.116. The van der Waals surface area contributed by atoms with Crippen LogP contribution in [0, 0.1) is 0 Å². The summed E-state index contributed by atoms with van der Waals surface area (Å²) >= 11 is 0. The number of aromatic nitrogens is 1. The number of aliphatic hydroxyl groups excluding tert-OH is 1. The van der Waals surface area contributed by atoms with Crippen LogP contribution in [0.4, 0.5) is 5.69 Å². The Hall–Kier alpha value is -2.40. The van der Waals surface area contributed by atoms with Crippen LogP contribution < -0.4 is 10.1 Å². The van der Waals surface area contributed by atoms with Crippen molar-refractivity contribution in [1.29, 1.82) is 0 Å². The van der Waals surface area contributed by atoms with Crippen LogP contribution in [0.2, 0.25) is 0 Å². The van der Waals surface area contributed by atoms with E-state index in [0.717, 1.165) is 17.7 Å². The molecule has 2 aromatic rings. The molecular weight excluding hydrogens is 292 g/mol. The van der Waals surface area contributed by atoms with Crippen molar-refractivity contribution in [2.75, 3.05) is 11.9 Å². The Balaban J connectivity index is 1.84. The van der Waals surface area contributed by atoms with Crippen molar-refractivity contribution in [3.05, 3.63) is 53.9 Å². The molecule has 2 rings (SSSR count). The molecule has 1 amide bonds. The van der Waals surface area contributed by atoms with Crippen LogP contribution in [0.25, 0.3) is 0 Å². The van der Waals surface area contributed by atoms with Gasteiger partial charge in [-0.15, -0.1) is 0 Å². The van der Waals surface area contributed by atoms with Gasteiger partial charge in [0.1, 0.15) is 5.75 Å². The summed E-state index contributed by atoms with van der Waals surface area (Å²) in [7, 11) is 0. The molecule has 0 radical (unpaired) electrons. The molecule has 0 bridgehead atoms. The lowest BCUT2D eigenvalue weighted by Crippen LogP contribution is -2.14. The van der Waals surface area contributed by atoms with Crippen molar-refractivity contribution in [2.24, 2.45) is 0 Å². The first-order valence-corrected chi connectivity index (χ1v) is 7.78. The van der Waals surface area contributed by atoms with Gasteiger partial charge in [-0.1, -0.05) is 19.1 Å². The zero-order valence-electron chi connectivity index (χ0n) is 13.3. The lowest BCUT2D eigenvalue weighted by Gasteiger charge is -2.09. The van der Waals surface area contributed by atoms with Gasteiger partial charge in [0.2, 0.25) is 5.91 Å². The summed E-state index contributed by atoms with van der Waals surface area (Å²) in [5.74, 6) is 0.752. The van der Waals surface area contributed by atoms with Crippen molar-refractivity contribution < 1.29 is 14.6 Å². The molecule has 0 aliphatic carbocycles. The Morgan fingerprint density at radius 1 is 1.26 bits per heavy atom. The first-order valence-electron chi connectivity index (χ1n) is 7.78. The van der Waals surface area contributed by atoms with E-state index < -0.39 is 0 Å². The minimum atomic E-state index is -0.128. The molecule has 0 atom stereocenters. The second kappa shape index (κ2) is 8.90. The predicted octanol–water partition coefficient (Wildman–Crippen LogP) is 2.93. The molecule has 5 heteroatoms. The number of pyridine rings is 1. The monoisotopic (exact) mass is 314 g/mol. The molecule has 0 spiro atoms. The largest absolute Gasteiger partial charge is 0.494 e. The van der Waals surface area contributed by atoms with Crippen LogP contribution in [0.1, 0.15) is 30.9 Å². The zero-order chi connectivity index (χ0) is 16.5. The van der Waals surface area contributed by atoms with Crippen molar-refractivity contribution in [2.45, 2.75) is 32.8 Å².